The van der Waals surface area contributed by atoms with Gasteiger partial charge in [-0.2, -0.15) is 4.98 Å². The first kappa shape index (κ1) is 28.8. The highest BCUT2D eigenvalue weighted by Gasteiger charge is 2.23. The lowest BCUT2D eigenvalue weighted by Crippen LogP contribution is -2.33. The van der Waals surface area contributed by atoms with E-state index in [0.717, 1.165) is 11.6 Å². The number of hydrogen-bond donors (Lipinski definition) is 2. The zero-order chi connectivity index (χ0) is 30.1. The molecule has 1 amide bonds. The summed E-state index contributed by atoms with van der Waals surface area (Å²) in [5.74, 6) is -2.15. The maximum Gasteiger partial charge on any atom is 0.412 e. The SMILES string of the molecule is COc1cnc2c(-c3nc4cc(F)c(O[C@@H](C)[C@@H](C)OC(=O)Nc5cnc(C(=O)O)nc5C)nc4s3)cc(Cl)cc2c1. The number of nitrogens with one attached hydrogen (secondary N) is 1. The van der Waals surface area contributed by atoms with Crippen LogP contribution in [0.15, 0.2) is 36.7 Å². The number of halogens is 2. The lowest BCUT2D eigenvalue weighted by Gasteiger charge is -2.21. The summed E-state index contributed by atoms with van der Waals surface area (Å²) < 4.78 is 31.3. The number of methoxy groups -OCH3 is 1. The van der Waals surface area contributed by atoms with Crippen molar-refractivity contribution in [3.63, 3.8) is 0 Å². The van der Waals surface area contributed by atoms with Crippen LogP contribution in [0.25, 0.3) is 31.8 Å². The number of carbonyl (C=O) groups is 2. The van der Waals surface area contributed by atoms with E-state index in [1.165, 1.54) is 24.3 Å². The monoisotopic (exact) mass is 612 g/mol. The summed E-state index contributed by atoms with van der Waals surface area (Å²) in [4.78, 5) is 44.6. The van der Waals surface area contributed by atoms with Crippen molar-refractivity contribution in [2.24, 2.45) is 0 Å². The Morgan fingerprint density at radius 3 is 2.57 bits per heavy atom. The van der Waals surface area contributed by atoms with E-state index < -0.39 is 35.9 Å². The number of aryl methyl sites for hydroxylation is 1. The second-order valence-corrected chi connectivity index (χ2v) is 10.5. The van der Waals surface area contributed by atoms with E-state index >= 15 is 0 Å². The maximum atomic E-state index is 15.0. The fourth-order valence-electron chi connectivity index (χ4n) is 3.86. The van der Waals surface area contributed by atoms with Crippen LogP contribution in [-0.2, 0) is 4.74 Å². The molecule has 0 radical (unpaired) electrons. The average molecular weight is 613 g/mol. The molecule has 5 aromatic rings. The van der Waals surface area contributed by atoms with Crippen LogP contribution in [0.4, 0.5) is 14.9 Å². The van der Waals surface area contributed by atoms with E-state index in [1.54, 1.807) is 39.3 Å². The minimum absolute atomic E-state index is 0.173. The Bertz CT molecular complexity index is 1850. The molecule has 0 aliphatic carbocycles. The van der Waals surface area contributed by atoms with Crippen molar-refractivity contribution in [1.82, 2.24) is 24.9 Å². The first-order valence-electron chi connectivity index (χ1n) is 12.3. The van der Waals surface area contributed by atoms with Crippen molar-refractivity contribution in [3.8, 4) is 22.2 Å². The first-order chi connectivity index (χ1) is 20.0. The van der Waals surface area contributed by atoms with Crippen LogP contribution in [-0.4, -0.2) is 61.4 Å². The topological polar surface area (TPSA) is 159 Å². The number of aromatic nitrogens is 5. The van der Waals surface area contributed by atoms with E-state index in [0.29, 0.717) is 37.2 Å². The summed E-state index contributed by atoms with van der Waals surface area (Å²) in [5, 5.41) is 13.2. The third-order valence-electron chi connectivity index (χ3n) is 6.15. The average Bonchev–Trinajstić information content (AvgIpc) is 3.35. The summed E-state index contributed by atoms with van der Waals surface area (Å²) in [6.45, 7) is 4.67. The molecule has 0 saturated heterocycles. The summed E-state index contributed by atoms with van der Waals surface area (Å²) in [6.07, 6.45) is 0.258. The van der Waals surface area contributed by atoms with Gasteiger partial charge in [0.2, 0.25) is 5.82 Å². The number of carboxylic acids is 1. The number of nitrogens with zero attached hydrogens (tertiary/aromatic N) is 5. The van der Waals surface area contributed by atoms with Crippen LogP contribution in [0, 0.1) is 12.7 Å². The molecule has 216 valence electrons. The molecule has 12 nitrogen and oxygen atoms in total. The van der Waals surface area contributed by atoms with Gasteiger partial charge in [0.15, 0.2) is 5.82 Å². The molecule has 0 unspecified atom stereocenters. The molecule has 0 fully saturated rings. The number of amides is 1. The van der Waals surface area contributed by atoms with Gasteiger partial charge in [0.1, 0.15) is 33.3 Å². The number of thiazole rings is 1. The van der Waals surface area contributed by atoms with Gasteiger partial charge in [0, 0.05) is 22.0 Å². The van der Waals surface area contributed by atoms with Gasteiger partial charge >= 0.3 is 12.1 Å². The predicted octanol–water partition coefficient (Wildman–Crippen LogP) is 5.91. The lowest BCUT2D eigenvalue weighted by molar-refractivity contribution is 0.0379. The second-order valence-electron chi connectivity index (χ2n) is 9.08. The van der Waals surface area contributed by atoms with Crippen molar-refractivity contribution in [3.05, 3.63) is 59.0 Å². The molecular weight excluding hydrogens is 591 g/mol. The highest BCUT2D eigenvalue weighted by molar-refractivity contribution is 7.21. The Morgan fingerprint density at radius 1 is 1.07 bits per heavy atom. The number of rotatable bonds is 8. The molecule has 0 saturated carbocycles. The summed E-state index contributed by atoms with van der Waals surface area (Å²) in [7, 11) is 1.55. The van der Waals surface area contributed by atoms with E-state index in [-0.39, 0.29) is 17.3 Å². The minimum atomic E-state index is -1.29. The zero-order valence-electron chi connectivity index (χ0n) is 22.5. The van der Waals surface area contributed by atoms with Gasteiger partial charge in [0.25, 0.3) is 5.88 Å². The van der Waals surface area contributed by atoms with Crippen molar-refractivity contribution in [1.29, 1.82) is 0 Å². The Morgan fingerprint density at radius 2 is 1.86 bits per heavy atom. The van der Waals surface area contributed by atoms with E-state index in [2.05, 4.69) is 30.2 Å². The lowest BCUT2D eigenvalue weighted by atomic mass is 10.1. The Hall–Kier alpha value is -4.69. The van der Waals surface area contributed by atoms with Gasteiger partial charge in [-0.3, -0.25) is 10.3 Å². The second kappa shape index (κ2) is 11.7. The van der Waals surface area contributed by atoms with Crippen LogP contribution < -0.4 is 14.8 Å². The van der Waals surface area contributed by atoms with Crippen LogP contribution in [0.2, 0.25) is 5.02 Å². The standard InChI is InChI=1S/C27H22ClFN6O6S/c1-11-20(10-31-22(32-11)26(36)37)34-27(38)41-13(3)12(2)40-23-18(29)8-19-25(35-23)42-24(33-19)17-7-15(28)5-14-6-16(39-4)9-30-21(14)17/h5-10,12-13H,1-4H3,(H,34,38)(H,36,37)/t12-,13+/m0/s1. The van der Waals surface area contributed by atoms with Gasteiger partial charge in [-0.1, -0.05) is 22.9 Å². The van der Waals surface area contributed by atoms with Crippen molar-refractivity contribution in [2.45, 2.75) is 33.0 Å². The van der Waals surface area contributed by atoms with Crippen molar-refractivity contribution < 1.29 is 33.3 Å². The van der Waals surface area contributed by atoms with Crippen LogP contribution in [0.1, 0.15) is 30.2 Å². The Labute approximate surface area is 246 Å². The largest absolute Gasteiger partial charge is 0.495 e. The third kappa shape index (κ3) is 5.99. The summed E-state index contributed by atoms with van der Waals surface area (Å²) in [6, 6.07) is 6.52. The molecule has 0 aliphatic heterocycles. The zero-order valence-corrected chi connectivity index (χ0v) is 24.1. The number of ether oxygens (including phenoxy) is 3. The molecule has 0 spiro atoms. The first-order valence-corrected chi connectivity index (χ1v) is 13.5. The highest BCUT2D eigenvalue weighted by Crippen LogP contribution is 2.37. The Kier molecular flexibility index (Phi) is 8.00. The molecule has 4 aromatic heterocycles. The number of aromatic carboxylic acids is 1. The quantitative estimate of drug-likeness (QED) is 0.214. The number of fused-ring (bicyclic) bond motifs is 2. The molecule has 2 N–H and O–H groups in total. The molecule has 0 bridgehead atoms. The van der Waals surface area contributed by atoms with Gasteiger partial charge < -0.3 is 19.3 Å². The van der Waals surface area contributed by atoms with Gasteiger partial charge in [-0.15, -0.1) is 0 Å². The molecule has 5 rings (SSSR count). The number of hydrogen-bond acceptors (Lipinski definition) is 11. The van der Waals surface area contributed by atoms with Gasteiger partial charge in [-0.05, 0) is 39.0 Å². The molecular formula is C27H22ClFN6O6S. The summed E-state index contributed by atoms with van der Waals surface area (Å²) in [5.41, 5.74) is 2.04. The third-order valence-corrected chi connectivity index (χ3v) is 7.37. The summed E-state index contributed by atoms with van der Waals surface area (Å²) >= 11 is 7.57. The van der Waals surface area contributed by atoms with Crippen LogP contribution >= 0.6 is 22.9 Å². The van der Waals surface area contributed by atoms with Gasteiger partial charge in [-0.25, -0.2) is 28.9 Å². The molecule has 0 aliphatic rings. The number of pyridine rings is 2. The van der Waals surface area contributed by atoms with E-state index in [1.807, 2.05) is 6.07 Å². The Balaban J connectivity index is 1.32. The van der Waals surface area contributed by atoms with Crippen molar-refractivity contribution >= 4 is 61.9 Å². The number of carboxylic acid groups (broad SMARTS) is 1. The predicted molar refractivity (Wildman–Crippen MR) is 153 cm³/mol. The van der Waals surface area contributed by atoms with E-state index in [9.17, 15) is 14.0 Å². The van der Waals surface area contributed by atoms with Crippen LogP contribution in [0.5, 0.6) is 11.6 Å². The molecule has 1 aromatic carbocycles. The fourth-order valence-corrected chi connectivity index (χ4v) is 5.02. The normalized spacial score (nSPS) is 12.6. The highest BCUT2D eigenvalue weighted by atomic mass is 35.5. The molecule has 4 heterocycles. The maximum absolute atomic E-state index is 15.0. The number of anilines is 1. The van der Waals surface area contributed by atoms with Gasteiger partial charge in [0.05, 0.1) is 36.4 Å². The van der Waals surface area contributed by atoms with Crippen LogP contribution in [0.3, 0.4) is 0 Å². The smallest absolute Gasteiger partial charge is 0.412 e. The van der Waals surface area contributed by atoms with Crippen molar-refractivity contribution in [2.75, 3.05) is 12.4 Å². The fraction of sp³-hybridized carbons (Fsp3) is 0.222. The molecule has 15 heteroatoms. The molecule has 42 heavy (non-hydrogen) atoms. The number of benzene rings is 1. The number of carbonyl (C=O) groups excluding carboxylic acids is 1. The molecule has 2 atom stereocenters. The van der Waals surface area contributed by atoms with E-state index in [4.69, 9.17) is 30.9 Å². The minimum Gasteiger partial charge on any atom is -0.495 e.